The Bertz CT molecular complexity index is 1550. The minimum Gasteiger partial charge on any atom is -0.373 e. The molecule has 7 heteroatoms. The van der Waals surface area contributed by atoms with E-state index in [1.54, 1.807) is 24.0 Å². The summed E-state index contributed by atoms with van der Waals surface area (Å²) in [6, 6.07) is 22.9. The molecule has 0 spiro atoms. The van der Waals surface area contributed by atoms with Crippen LogP contribution in [-0.2, 0) is 14.1 Å². The summed E-state index contributed by atoms with van der Waals surface area (Å²) in [5.74, 6) is 0. The van der Waals surface area contributed by atoms with E-state index in [0.29, 0.717) is 10.0 Å². The van der Waals surface area contributed by atoms with Crippen LogP contribution < -0.4 is 10.9 Å². The number of nitrogens with one attached hydrogen (secondary N) is 1. The lowest BCUT2D eigenvalue weighted by atomic mass is 9.96. The van der Waals surface area contributed by atoms with Crippen LogP contribution in [0.25, 0.3) is 22.0 Å². The summed E-state index contributed by atoms with van der Waals surface area (Å²) in [5, 5.41) is 5.89. The zero-order valence-electron chi connectivity index (χ0n) is 18.7. The van der Waals surface area contributed by atoms with Crippen molar-refractivity contribution in [2.45, 2.75) is 6.04 Å². The molecule has 1 N–H and O–H groups in total. The maximum atomic E-state index is 12.7. The number of hydrogen-bond donors (Lipinski definition) is 1. The summed E-state index contributed by atoms with van der Waals surface area (Å²) < 4.78 is 3.66. The summed E-state index contributed by atoms with van der Waals surface area (Å²) in [5.41, 5.74) is 5.49. The van der Waals surface area contributed by atoms with Crippen LogP contribution in [0.5, 0.6) is 0 Å². The molecule has 2 heterocycles. The standard InChI is InChI=1S/C27H22Cl2N4O/c1-32-16-30-15-25(32)27(31-21-9-7-19(28)8-10-21)18-6-11-24-23(13-18)22(14-26(34)33(24)2)17-4-3-5-20(29)12-17/h3-16,27,31H,1-2H3. The van der Waals surface area contributed by atoms with E-state index in [0.717, 1.165) is 39.0 Å². The van der Waals surface area contributed by atoms with Crippen molar-refractivity contribution in [3.05, 3.63) is 117 Å². The Morgan fingerprint density at radius 3 is 2.41 bits per heavy atom. The third kappa shape index (κ3) is 4.20. The lowest BCUT2D eigenvalue weighted by molar-refractivity contribution is 0.778. The van der Waals surface area contributed by atoms with E-state index in [4.69, 9.17) is 23.2 Å². The van der Waals surface area contributed by atoms with Crippen molar-refractivity contribution >= 4 is 39.8 Å². The topological polar surface area (TPSA) is 51.9 Å². The van der Waals surface area contributed by atoms with Crippen LogP contribution >= 0.6 is 23.2 Å². The maximum Gasteiger partial charge on any atom is 0.251 e. The Morgan fingerprint density at radius 2 is 1.71 bits per heavy atom. The highest BCUT2D eigenvalue weighted by molar-refractivity contribution is 6.31. The van der Waals surface area contributed by atoms with Gasteiger partial charge in [0.2, 0.25) is 0 Å². The number of anilines is 1. The molecule has 1 unspecified atom stereocenters. The van der Waals surface area contributed by atoms with E-state index in [9.17, 15) is 4.79 Å². The van der Waals surface area contributed by atoms with Gasteiger partial charge in [0.1, 0.15) is 0 Å². The number of fused-ring (bicyclic) bond motifs is 1. The fourth-order valence-corrected chi connectivity index (χ4v) is 4.56. The molecule has 5 aromatic rings. The highest BCUT2D eigenvalue weighted by atomic mass is 35.5. The molecule has 0 amide bonds. The molecule has 0 fully saturated rings. The average molecular weight is 489 g/mol. The molecular formula is C27H22Cl2N4O. The van der Waals surface area contributed by atoms with Gasteiger partial charge in [-0.1, -0.05) is 41.4 Å². The third-order valence-corrected chi connectivity index (χ3v) is 6.53. The van der Waals surface area contributed by atoms with E-state index in [-0.39, 0.29) is 11.6 Å². The van der Waals surface area contributed by atoms with E-state index in [1.807, 2.05) is 78.5 Å². The number of benzene rings is 3. The summed E-state index contributed by atoms with van der Waals surface area (Å²) in [7, 11) is 3.76. The fraction of sp³-hybridized carbons (Fsp3) is 0.111. The van der Waals surface area contributed by atoms with Crippen LogP contribution in [0.2, 0.25) is 10.0 Å². The van der Waals surface area contributed by atoms with E-state index < -0.39 is 0 Å². The molecule has 5 rings (SSSR count). The van der Waals surface area contributed by atoms with Crippen LogP contribution in [0.3, 0.4) is 0 Å². The molecule has 34 heavy (non-hydrogen) atoms. The van der Waals surface area contributed by atoms with Gasteiger partial charge >= 0.3 is 0 Å². The number of pyridine rings is 1. The summed E-state index contributed by atoms with van der Waals surface area (Å²) in [6.07, 6.45) is 3.64. The smallest absolute Gasteiger partial charge is 0.251 e. The second kappa shape index (κ2) is 9.01. The van der Waals surface area contributed by atoms with Gasteiger partial charge in [0.25, 0.3) is 5.56 Å². The zero-order chi connectivity index (χ0) is 23.8. The van der Waals surface area contributed by atoms with Crippen molar-refractivity contribution in [1.29, 1.82) is 0 Å². The minimum absolute atomic E-state index is 0.0716. The molecule has 0 bridgehead atoms. The molecule has 3 aromatic carbocycles. The highest BCUT2D eigenvalue weighted by Gasteiger charge is 2.19. The third-order valence-electron chi connectivity index (χ3n) is 6.04. The quantitative estimate of drug-likeness (QED) is 0.309. The van der Waals surface area contributed by atoms with Gasteiger partial charge in [-0.15, -0.1) is 0 Å². The number of hydrogen-bond acceptors (Lipinski definition) is 3. The predicted molar refractivity (Wildman–Crippen MR) is 140 cm³/mol. The first-order valence-corrected chi connectivity index (χ1v) is 11.5. The molecule has 170 valence electrons. The molecular weight excluding hydrogens is 467 g/mol. The first kappa shape index (κ1) is 22.3. The highest BCUT2D eigenvalue weighted by Crippen LogP contribution is 2.33. The molecule has 2 aromatic heterocycles. The number of rotatable bonds is 5. The van der Waals surface area contributed by atoms with Crippen molar-refractivity contribution in [2.75, 3.05) is 5.32 Å². The summed E-state index contributed by atoms with van der Waals surface area (Å²) >= 11 is 12.4. The molecule has 5 nitrogen and oxygen atoms in total. The van der Waals surface area contributed by atoms with Gasteiger partial charge in [-0.05, 0) is 65.2 Å². The van der Waals surface area contributed by atoms with Gasteiger partial charge < -0.3 is 14.5 Å². The number of imidazole rings is 1. The maximum absolute atomic E-state index is 12.7. The second-order valence-electron chi connectivity index (χ2n) is 8.26. The predicted octanol–water partition coefficient (Wildman–Crippen LogP) is 6.45. The number of aryl methyl sites for hydroxylation is 2. The largest absolute Gasteiger partial charge is 0.373 e. The Kier molecular flexibility index (Phi) is 5.90. The molecule has 1 atom stereocenters. The normalized spacial score (nSPS) is 12.1. The first-order valence-electron chi connectivity index (χ1n) is 10.8. The van der Waals surface area contributed by atoms with Crippen molar-refractivity contribution in [3.63, 3.8) is 0 Å². The Hall–Kier alpha value is -3.54. The summed E-state index contributed by atoms with van der Waals surface area (Å²) in [6.45, 7) is 0. The molecule has 0 saturated heterocycles. The molecule has 0 saturated carbocycles. The Morgan fingerprint density at radius 1 is 0.912 bits per heavy atom. The number of halogens is 2. The van der Waals surface area contributed by atoms with Crippen molar-refractivity contribution in [2.24, 2.45) is 14.1 Å². The molecule has 0 aliphatic rings. The zero-order valence-corrected chi connectivity index (χ0v) is 20.2. The number of nitrogens with zero attached hydrogens (tertiary/aromatic N) is 3. The van der Waals surface area contributed by atoms with Crippen LogP contribution in [0.1, 0.15) is 17.3 Å². The lowest BCUT2D eigenvalue weighted by Crippen LogP contribution is -2.18. The van der Waals surface area contributed by atoms with Gasteiger partial charge in [0.15, 0.2) is 0 Å². The van der Waals surface area contributed by atoms with Crippen LogP contribution in [-0.4, -0.2) is 14.1 Å². The van der Waals surface area contributed by atoms with Crippen LogP contribution in [0.15, 0.2) is 90.1 Å². The minimum atomic E-state index is -0.178. The van der Waals surface area contributed by atoms with Gasteiger partial charge in [-0.25, -0.2) is 4.98 Å². The molecule has 0 radical (unpaired) electrons. The van der Waals surface area contributed by atoms with Gasteiger partial charge in [-0.2, -0.15) is 0 Å². The molecule has 0 aliphatic heterocycles. The van der Waals surface area contributed by atoms with Crippen molar-refractivity contribution < 1.29 is 0 Å². The monoisotopic (exact) mass is 488 g/mol. The Balaban J connectivity index is 1.71. The average Bonchev–Trinajstić information content (AvgIpc) is 3.26. The van der Waals surface area contributed by atoms with E-state index in [1.165, 1.54) is 0 Å². The van der Waals surface area contributed by atoms with Crippen molar-refractivity contribution in [1.82, 2.24) is 14.1 Å². The molecule has 0 aliphatic carbocycles. The van der Waals surface area contributed by atoms with E-state index in [2.05, 4.69) is 16.4 Å². The van der Waals surface area contributed by atoms with Gasteiger partial charge in [-0.3, -0.25) is 4.79 Å². The van der Waals surface area contributed by atoms with Gasteiger partial charge in [0, 0.05) is 41.3 Å². The van der Waals surface area contributed by atoms with Gasteiger partial charge in [0.05, 0.1) is 29.8 Å². The van der Waals surface area contributed by atoms with Crippen LogP contribution in [0.4, 0.5) is 5.69 Å². The SMILES string of the molecule is Cn1cncc1C(Nc1ccc(Cl)cc1)c1ccc2c(c1)c(-c1cccc(Cl)c1)cc(=O)n2C. The number of aromatic nitrogens is 3. The van der Waals surface area contributed by atoms with E-state index >= 15 is 0 Å². The second-order valence-corrected chi connectivity index (χ2v) is 9.13. The van der Waals surface area contributed by atoms with Crippen molar-refractivity contribution in [3.8, 4) is 11.1 Å². The van der Waals surface area contributed by atoms with Crippen LogP contribution in [0, 0.1) is 0 Å². The fourth-order valence-electron chi connectivity index (χ4n) is 4.24. The lowest BCUT2D eigenvalue weighted by Gasteiger charge is -2.22. The Labute approximate surface area is 207 Å². The first-order chi connectivity index (χ1) is 16.4. The summed E-state index contributed by atoms with van der Waals surface area (Å²) in [4.78, 5) is 17.1.